The SMILES string of the molecule is Cc1ccc(C(=O)O[C@@H](Cc2c(Cl)cncc2Cl)c2ccc(OC(F)F)c(OCC3CC3)c2)s1. The summed E-state index contributed by atoms with van der Waals surface area (Å²) >= 11 is 13.9. The van der Waals surface area contributed by atoms with Crippen LogP contribution in [0.2, 0.25) is 10.0 Å². The highest BCUT2D eigenvalue weighted by Gasteiger charge is 2.26. The normalized spacial score (nSPS) is 14.2. The zero-order valence-electron chi connectivity index (χ0n) is 18.1. The lowest BCUT2D eigenvalue weighted by molar-refractivity contribution is -0.0515. The number of alkyl halides is 2. The van der Waals surface area contributed by atoms with Crippen molar-refractivity contribution < 1.29 is 27.8 Å². The van der Waals surface area contributed by atoms with E-state index in [9.17, 15) is 13.6 Å². The molecule has 1 saturated carbocycles. The standard InChI is InChI=1S/C24H21Cl2F2NO4S/c1-13-2-7-22(34-13)23(30)32-20(9-16-17(25)10-29-11-18(16)26)15-5-6-19(33-24(27)28)21(8-15)31-12-14-3-4-14/h2,5-8,10-11,14,20,24H,3-4,9,12H2,1H3/t20-/m0/s1. The second kappa shape index (κ2) is 10.9. The second-order valence-electron chi connectivity index (χ2n) is 7.93. The summed E-state index contributed by atoms with van der Waals surface area (Å²) in [7, 11) is 0. The van der Waals surface area contributed by atoms with Gasteiger partial charge in [-0.15, -0.1) is 11.3 Å². The van der Waals surface area contributed by atoms with Crippen LogP contribution in [0.3, 0.4) is 0 Å². The number of rotatable bonds is 10. The largest absolute Gasteiger partial charge is 0.489 e. The Labute approximate surface area is 209 Å². The molecule has 1 aliphatic rings. The van der Waals surface area contributed by atoms with Crippen LogP contribution in [0, 0.1) is 12.8 Å². The number of thiophene rings is 1. The van der Waals surface area contributed by atoms with Crippen LogP contribution >= 0.6 is 34.5 Å². The maximum absolute atomic E-state index is 12.9. The third-order valence-corrected chi connectivity index (χ3v) is 6.89. The molecule has 0 radical (unpaired) electrons. The van der Waals surface area contributed by atoms with Crippen LogP contribution in [0.25, 0.3) is 0 Å². The van der Waals surface area contributed by atoms with Gasteiger partial charge in [-0.1, -0.05) is 29.3 Å². The Balaban J connectivity index is 1.67. The van der Waals surface area contributed by atoms with Gasteiger partial charge in [0.05, 0.1) is 16.7 Å². The third kappa shape index (κ3) is 6.37. The molecule has 2 aromatic heterocycles. The van der Waals surface area contributed by atoms with E-state index in [0.29, 0.717) is 38.6 Å². The zero-order valence-corrected chi connectivity index (χ0v) is 20.4. The minimum absolute atomic E-state index is 0.0849. The molecule has 4 rings (SSSR count). The lowest BCUT2D eigenvalue weighted by Gasteiger charge is -2.21. The predicted molar refractivity (Wildman–Crippen MR) is 126 cm³/mol. The quantitative estimate of drug-likeness (QED) is 0.259. The lowest BCUT2D eigenvalue weighted by atomic mass is 10.0. The first-order chi connectivity index (χ1) is 16.3. The maximum atomic E-state index is 12.9. The van der Waals surface area contributed by atoms with Crippen molar-refractivity contribution in [3.8, 4) is 11.5 Å². The highest BCUT2D eigenvalue weighted by Crippen LogP contribution is 2.38. The number of halogens is 4. The highest BCUT2D eigenvalue weighted by atomic mass is 35.5. The van der Waals surface area contributed by atoms with E-state index in [0.717, 1.165) is 17.7 Å². The number of carbonyl (C=O) groups is 1. The van der Waals surface area contributed by atoms with Gasteiger partial charge in [0.2, 0.25) is 0 Å². The molecule has 0 saturated heterocycles. The van der Waals surface area contributed by atoms with Crippen LogP contribution in [0.1, 0.15) is 44.6 Å². The summed E-state index contributed by atoms with van der Waals surface area (Å²) in [6, 6.07) is 8.02. The van der Waals surface area contributed by atoms with Crippen molar-refractivity contribution in [1.82, 2.24) is 4.98 Å². The molecule has 3 aromatic rings. The molecule has 0 N–H and O–H groups in total. The van der Waals surface area contributed by atoms with Crippen LogP contribution < -0.4 is 9.47 Å². The molecule has 0 amide bonds. The van der Waals surface area contributed by atoms with Crippen LogP contribution in [0.15, 0.2) is 42.7 Å². The summed E-state index contributed by atoms with van der Waals surface area (Å²) in [6.07, 6.45) is 4.29. The first-order valence-electron chi connectivity index (χ1n) is 10.6. The Morgan fingerprint density at radius 2 is 1.88 bits per heavy atom. The summed E-state index contributed by atoms with van der Waals surface area (Å²) in [5.41, 5.74) is 1.07. The molecule has 0 spiro atoms. The molecule has 1 aromatic carbocycles. The Hall–Kier alpha value is -2.42. The summed E-state index contributed by atoms with van der Waals surface area (Å²) in [5, 5.41) is 0.645. The van der Waals surface area contributed by atoms with Gasteiger partial charge in [-0.05, 0) is 61.1 Å². The topological polar surface area (TPSA) is 57.7 Å². The molecule has 5 nitrogen and oxygen atoms in total. The van der Waals surface area contributed by atoms with Gasteiger partial charge in [-0.25, -0.2) is 4.79 Å². The van der Waals surface area contributed by atoms with Gasteiger partial charge >= 0.3 is 12.6 Å². The molecule has 10 heteroatoms. The summed E-state index contributed by atoms with van der Waals surface area (Å²) in [5.74, 6) is -0.0473. The minimum atomic E-state index is -3.00. The van der Waals surface area contributed by atoms with E-state index in [2.05, 4.69) is 9.72 Å². The Morgan fingerprint density at radius 3 is 2.50 bits per heavy atom. The molecule has 0 bridgehead atoms. The summed E-state index contributed by atoms with van der Waals surface area (Å²) < 4.78 is 42.1. The van der Waals surface area contributed by atoms with Crippen molar-refractivity contribution in [3.63, 3.8) is 0 Å². The van der Waals surface area contributed by atoms with E-state index in [1.807, 2.05) is 13.0 Å². The second-order valence-corrected chi connectivity index (χ2v) is 10.0. The number of nitrogens with zero attached hydrogens (tertiary/aromatic N) is 1. The van der Waals surface area contributed by atoms with E-state index in [4.69, 9.17) is 32.7 Å². The highest BCUT2D eigenvalue weighted by molar-refractivity contribution is 7.13. The fourth-order valence-electron chi connectivity index (χ4n) is 3.30. The van der Waals surface area contributed by atoms with Gasteiger partial charge in [0.25, 0.3) is 0 Å². The van der Waals surface area contributed by atoms with E-state index in [1.54, 1.807) is 18.2 Å². The minimum Gasteiger partial charge on any atom is -0.489 e. The number of benzene rings is 1. The number of esters is 1. The number of hydrogen-bond acceptors (Lipinski definition) is 6. The monoisotopic (exact) mass is 527 g/mol. The molecule has 34 heavy (non-hydrogen) atoms. The average molecular weight is 528 g/mol. The molecule has 0 aliphatic heterocycles. The molecule has 0 unspecified atom stereocenters. The van der Waals surface area contributed by atoms with Crippen molar-refractivity contribution >= 4 is 40.5 Å². The third-order valence-electron chi connectivity index (χ3n) is 5.26. The van der Waals surface area contributed by atoms with Gasteiger partial charge in [-0.3, -0.25) is 4.98 Å². The van der Waals surface area contributed by atoms with Gasteiger partial charge in [0.15, 0.2) is 11.5 Å². The van der Waals surface area contributed by atoms with Crippen molar-refractivity contribution in [3.05, 3.63) is 73.7 Å². The summed E-state index contributed by atoms with van der Waals surface area (Å²) in [6.45, 7) is -0.718. The fraction of sp³-hybridized carbons (Fsp3) is 0.333. The van der Waals surface area contributed by atoms with Crippen molar-refractivity contribution in [2.45, 2.75) is 38.9 Å². The van der Waals surface area contributed by atoms with E-state index in [-0.39, 0.29) is 17.9 Å². The van der Waals surface area contributed by atoms with Crippen molar-refractivity contribution in [1.29, 1.82) is 0 Å². The number of ether oxygens (including phenoxy) is 3. The van der Waals surface area contributed by atoms with Gasteiger partial charge in [0, 0.05) is 23.7 Å². The lowest BCUT2D eigenvalue weighted by Crippen LogP contribution is -2.15. The molecule has 180 valence electrons. The molecule has 1 aliphatic carbocycles. The van der Waals surface area contributed by atoms with Crippen molar-refractivity contribution in [2.75, 3.05) is 6.61 Å². The Bertz CT molecular complexity index is 1150. The molecule has 2 heterocycles. The van der Waals surface area contributed by atoms with E-state index in [1.165, 1.54) is 29.8 Å². The first kappa shape index (κ1) is 24.7. The smallest absolute Gasteiger partial charge is 0.387 e. The summed E-state index contributed by atoms with van der Waals surface area (Å²) in [4.78, 5) is 18.2. The van der Waals surface area contributed by atoms with Crippen LogP contribution in [0.5, 0.6) is 11.5 Å². The number of hydrogen-bond donors (Lipinski definition) is 0. The van der Waals surface area contributed by atoms with Crippen molar-refractivity contribution in [2.24, 2.45) is 5.92 Å². The van der Waals surface area contributed by atoms with Gasteiger partial charge in [0.1, 0.15) is 11.0 Å². The fourth-order valence-corrected chi connectivity index (χ4v) is 4.57. The molecular weight excluding hydrogens is 507 g/mol. The van der Waals surface area contributed by atoms with Crippen LogP contribution in [0.4, 0.5) is 8.78 Å². The predicted octanol–water partition coefficient (Wildman–Crippen LogP) is 7.29. The molecular formula is C24H21Cl2F2NO4S. The maximum Gasteiger partial charge on any atom is 0.387 e. The number of carbonyl (C=O) groups excluding carboxylic acids is 1. The van der Waals surface area contributed by atoms with Crippen LogP contribution in [-0.4, -0.2) is 24.2 Å². The van der Waals surface area contributed by atoms with E-state index < -0.39 is 18.7 Å². The van der Waals surface area contributed by atoms with Gasteiger partial charge in [-0.2, -0.15) is 8.78 Å². The zero-order chi connectivity index (χ0) is 24.2. The molecule has 1 atom stereocenters. The number of aryl methyl sites for hydroxylation is 1. The number of pyridine rings is 1. The van der Waals surface area contributed by atoms with E-state index >= 15 is 0 Å². The Morgan fingerprint density at radius 1 is 1.15 bits per heavy atom. The first-order valence-corrected chi connectivity index (χ1v) is 12.1. The average Bonchev–Trinajstić information content (AvgIpc) is 3.52. The number of aromatic nitrogens is 1. The van der Waals surface area contributed by atoms with Gasteiger partial charge < -0.3 is 14.2 Å². The Kier molecular flexibility index (Phi) is 7.91. The molecule has 1 fully saturated rings. The van der Waals surface area contributed by atoms with Crippen LogP contribution in [-0.2, 0) is 11.2 Å².